The second-order valence-electron chi connectivity index (χ2n) is 5.59. The van der Waals surface area contributed by atoms with Crippen LogP contribution in [0.5, 0.6) is 11.5 Å². The van der Waals surface area contributed by atoms with Crippen molar-refractivity contribution in [1.29, 1.82) is 0 Å². The molecule has 2 aromatic rings. The van der Waals surface area contributed by atoms with Gasteiger partial charge in [-0.1, -0.05) is 18.2 Å². The first-order valence-electron chi connectivity index (χ1n) is 7.98. The smallest absolute Gasteiger partial charge is 0.271 e. The van der Waals surface area contributed by atoms with Crippen LogP contribution in [0.15, 0.2) is 48.5 Å². The van der Waals surface area contributed by atoms with Gasteiger partial charge in [0.05, 0.1) is 24.3 Å². The molecular formula is C18H21N3O5. The predicted octanol–water partition coefficient (Wildman–Crippen LogP) is 2.55. The zero-order valence-electron chi connectivity index (χ0n) is 14.7. The van der Waals surface area contributed by atoms with Crippen LogP contribution in [0.1, 0.15) is 0 Å². The Bertz CT molecular complexity index is 752. The Kier molecular flexibility index (Phi) is 6.92. The molecule has 2 aromatic carbocycles. The summed E-state index contributed by atoms with van der Waals surface area (Å²) in [5.41, 5.74) is 0.145. The molecule has 0 unspecified atom stereocenters. The maximum absolute atomic E-state index is 12.2. The van der Waals surface area contributed by atoms with Crippen LogP contribution in [-0.4, -0.2) is 49.6 Å². The Hall–Kier alpha value is -3.13. The Morgan fingerprint density at radius 3 is 2.62 bits per heavy atom. The lowest BCUT2D eigenvalue weighted by molar-refractivity contribution is -0.384. The highest BCUT2D eigenvalue weighted by Crippen LogP contribution is 2.28. The molecule has 8 nitrogen and oxygen atoms in total. The number of hydrogen-bond acceptors (Lipinski definition) is 6. The highest BCUT2D eigenvalue weighted by molar-refractivity contribution is 5.94. The number of amides is 1. The van der Waals surface area contributed by atoms with Crippen LogP contribution in [0.2, 0.25) is 0 Å². The molecule has 138 valence electrons. The Balaban J connectivity index is 1.85. The third-order valence-electron chi connectivity index (χ3n) is 3.57. The first-order chi connectivity index (χ1) is 12.5. The van der Waals surface area contributed by atoms with Crippen LogP contribution in [0.3, 0.4) is 0 Å². The van der Waals surface area contributed by atoms with E-state index in [1.54, 1.807) is 11.9 Å². The average molecular weight is 359 g/mol. The van der Waals surface area contributed by atoms with E-state index in [9.17, 15) is 14.9 Å². The van der Waals surface area contributed by atoms with Gasteiger partial charge >= 0.3 is 0 Å². The van der Waals surface area contributed by atoms with Crippen molar-refractivity contribution in [3.8, 4) is 11.5 Å². The zero-order chi connectivity index (χ0) is 18.9. The number of nitro benzene ring substituents is 1. The normalized spacial score (nSPS) is 10.4. The van der Waals surface area contributed by atoms with Gasteiger partial charge < -0.3 is 14.8 Å². The topological polar surface area (TPSA) is 93.9 Å². The van der Waals surface area contributed by atoms with Crippen molar-refractivity contribution >= 4 is 17.3 Å². The number of carbonyl (C=O) groups excluding carboxylic acids is 1. The third-order valence-corrected chi connectivity index (χ3v) is 3.57. The van der Waals surface area contributed by atoms with Crippen LogP contribution < -0.4 is 14.8 Å². The van der Waals surface area contributed by atoms with E-state index in [4.69, 9.17) is 9.47 Å². The van der Waals surface area contributed by atoms with Crippen LogP contribution >= 0.6 is 0 Å². The molecule has 0 fully saturated rings. The first-order valence-corrected chi connectivity index (χ1v) is 7.98. The van der Waals surface area contributed by atoms with E-state index in [1.165, 1.54) is 25.3 Å². The number of methoxy groups -OCH3 is 1. The van der Waals surface area contributed by atoms with E-state index in [-0.39, 0.29) is 23.8 Å². The summed E-state index contributed by atoms with van der Waals surface area (Å²) in [6, 6.07) is 13.5. The van der Waals surface area contributed by atoms with Crippen molar-refractivity contribution in [2.24, 2.45) is 0 Å². The largest absolute Gasteiger partial charge is 0.495 e. The summed E-state index contributed by atoms with van der Waals surface area (Å²) < 4.78 is 10.7. The van der Waals surface area contributed by atoms with E-state index in [2.05, 4.69) is 5.32 Å². The van der Waals surface area contributed by atoms with Gasteiger partial charge in [-0.05, 0) is 25.2 Å². The number of nitro groups is 1. The van der Waals surface area contributed by atoms with Crippen molar-refractivity contribution in [3.05, 3.63) is 58.6 Å². The lowest BCUT2D eigenvalue weighted by atomic mass is 10.2. The Labute approximate surface area is 151 Å². The predicted molar refractivity (Wildman–Crippen MR) is 97.7 cm³/mol. The summed E-state index contributed by atoms with van der Waals surface area (Å²) in [7, 11) is 3.22. The van der Waals surface area contributed by atoms with Crippen molar-refractivity contribution < 1.29 is 19.2 Å². The molecule has 0 spiro atoms. The van der Waals surface area contributed by atoms with Crippen molar-refractivity contribution in [2.45, 2.75) is 0 Å². The van der Waals surface area contributed by atoms with E-state index < -0.39 is 4.92 Å². The van der Waals surface area contributed by atoms with Crippen LogP contribution in [0, 0.1) is 10.1 Å². The molecule has 0 bridgehead atoms. The monoisotopic (exact) mass is 359 g/mol. The minimum absolute atomic E-state index is 0.115. The number of para-hydroxylation sites is 1. The number of ether oxygens (including phenoxy) is 2. The second kappa shape index (κ2) is 9.38. The molecule has 0 aromatic heterocycles. The number of anilines is 1. The van der Waals surface area contributed by atoms with Gasteiger partial charge in [-0.2, -0.15) is 0 Å². The maximum atomic E-state index is 12.2. The Morgan fingerprint density at radius 2 is 1.96 bits per heavy atom. The number of carbonyl (C=O) groups is 1. The number of nitrogens with zero attached hydrogens (tertiary/aromatic N) is 2. The molecular weight excluding hydrogens is 338 g/mol. The quantitative estimate of drug-likeness (QED) is 0.546. The highest BCUT2D eigenvalue weighted by atomic mass is 16.6. The number of non-ortho nitro benzene ring substituents is 1. The molecule has 0 aliphatic carbocycles. The highest BCUT2D eigenvalue weighted by Gasteiger charge is 2.14. The van der Waals surface area contributed by atoms with E-state index in [1.807, 2.05) is 30.3 Å². The average Bonchev–Trinajstić information content (AvgIpc) is 2.62. The van der Waals surface area contributed by atoms with Gasteiger partial charge in [0.25, 0.3) is 5.69 Å². The molecule has 0 aliphatic rings. The van der Waals surface area contributed by atoms with Gasteiger partial charge in [0, 0.05) is 18.7 Å². The van der Waals surface area contributed by atoms with Crippen molar-refractivity contribution in [1.82, 2.24) is 4.90 Å². The SMILES string of the molecule is COc1ccc([N+](=O)[O-])cc1NC(=O)CN(C)CCOc1ccccc1. The van der Waals surface area contributed by atoms with E-state index >= 15 is 0 Å². The lowest BCUT2D eigenvalue weighted by Gasteiger charge is -2.17. The number of benzene rings is 2. The molecule has 0 heterocycles. The van der Waals surface area contributed by atoms with Crippen LogP contribution in [-0.2, 0) is 4.79 Å². The molecule has 2 rings (SSSR count). The summed E-state index contributed by atoms with van der Waals surface area (Å²) in [5.74, 6) is 0.830. The fourth-order valence-electron chi connectivity index (χ4n) is 2.26. The van der Waals surface area contributed by atoms with Gasteiger partial charge in [-0.15, -0.1) is 0 Å². The molecule has 0 aliphatic heterocycles. The number of hydrogen-bond donors (Lipinski definition) is 1. The van der Waals surface area contributed by atoms with Crippen molar-refractivity contribution in [2.75, 3.05) is 39.2 Å². The fraction of sp³-hybridized carbons (Fsp3) is 0.278. The fourth-order valence-corrected chi connectivity index (χ4v) is 2.26. The lowest BCUT2D eigenvalue weighted by Crippen LogP contribution is -2.33. The summed E-state index contributed by atoms with van der Waals surface area (Å²) in [5, 5.41) is 13.5. The van der Waals surface area contributed by atoms with E-state index in [0.29, 0.717) is 18.9 Å². The molecule has 1 N–H and O–H groups in total. The molecule has 0 radical (unpaired) electrons. The van der Waals surface area contributed by atoms with E-state index in [0.717, 1.165) is 5.75 Å². The minimum Gasteiger partial charge on any atom is -0.495 e. The zero-order valence-corrected chi connectivity index (χ0v) is 14.7. The summed E-state index contributed by atoms with van der Waals surface area (Å²) in [6.07, 6.45) is 0. The molecule has 0 saturated carbocycles. The molecule has 1 amide bonds. The minimum atomic E-state index is -0.526. The maximum Gasteiger partial charge on any atom is 0.271 e. The molecule has 0 atom stereocenters. The standard InChI is InChI=1S/C18H21N3O5/c1-20(10-11-26-15-6-4-3-5-7-15)13-18(22)19-16-12-14(21(23)24)8-9-17(16)25-2/h3-9,12H,10-11,13H2,1-2H3,(H,19,22). The van der Waals surface area contributed by atoms with Gasteiger partial charge in [-0.3, -0.25) is 19.8 Å². The number of rotatable bonds is 9. The third kappa shape index (κ3) is 5.75. The Morgan fingerprint density at radius 1 is 1.23 bits per heavy atom. The molecule has 0 saturated heterocycles. The van der Waals surface area contributed by atoms with Gasteiger partial charge in [-0.25, -0.2) is 0 Å². The summed E-state index contributed by atoms with van der Waals surface area (Å²) >= 11 is 0. The van der Waals surface area contributed by atoms with Gasteiger partial charge in [0.1, 0.15) is 18.1 Å². The van der Waals surface area contributed by atoms with Crippen LogP contribution in [0.4, 0.5) is 11.4 Å². The van der Waals surface area contributed by atoms with Gasteiger partial charge in [0.2, 0.25) is 5.91 Å². The first kappa shape index (κ1) is 19.2. The van der Waals surface area contributed by atoms with Crippen LogP contribution in [0.25, 0.3) is 0 Å². The molecule has 8 heteroatoms. The van der Waals surface area contributed by atoms with Crippen molar-refractivity contribution in [3.63, 3.8) is 0 Å². The summed E-state index contributed by atoms with van der Waals surface area (Å²) in [6.45, 7) is 1.10. The number of likely N-dealkylation sites (N-methyl/N-ethyl adjacent to an activating group) is 1. The summed E-state index contributed by atoms with van der Waals surface area (Å²) in [4.78, 5) is 24.3. The number of nitrogens with one attached hydrogen (secondary N) is 1. The van der Waals surface area contributed by atoms with Gasteiger partial charge in [0.15, 0.2) is 0 Å². The molecule has 26 heavy (non-hydrogen) atoms. The second-order valence-corrected chi connectivity index (χ2v) is 5.59.